The van der Waals surface area contributed by atoms with Gasteiger partial charge in [0.1, 0.15) is 6.10 Å². The number of nitro groups is 1. The molecule has 1 aromatic rings. The Morgan fingerprint density at radius 1 is 1.41 bits per heavy atom. The number of nitrogens with zero attached hydrogens (tertiary/aromatic N) is 1. The van der Waals surface area contributed by atoms with E-state index in [9.17, 15) is 25.4 Å². The van der Waals surface area contributed by atoms with Crippen molar-refractivity contribution in [3.05, 3.63) is 33.9 Å². The number of nitro benzene ring substituents is 1. The van der Waals surface area contributed by atoms with Gasteiger partial charge in [0.15, 0.2) is 5.75 Å². The quantitative estimate of drug-likeness (QED) is 0.359. The molecule has 0 amide bonds. The largest absolute Gasteiger partial charge is 0.502 e. The fourth-order valence-corrected chi connectivity index (χ4v) is 1.66. The van der Waals surface area contributed by atoms with Crippen molar-refractivity contribution in [3.8, 4) is 5.75 Å². The summed E-state index contributed by atoms with van der Waals surface area (Å²) in [5.41, 5.74) is -0.216. The predicted molar refractivity (Wildman–Crippen MR) is 64.2 cm³/mol. The molecule has 17 heavy (non-hydrogen) atoms. The van der Waals surface area contributed by atoms with Gasteiger partial charge in [-0.15, -0.1) is 0 Å². The summed E-state index contributed by atoms with van der Waals surface area (Å²) >= 11 is 3.92. The smallest absolute Gasteiger partial charge is 0.310 e. The number of thiol groups is 1. The molecule has 7 heteroatoms. The second-order valence-corrected chi connectivity index (χ2v) is 3.98. The Hall–Kier alpha value is -1.31. The minimum absolute atomic E-state index is 0.224. The average Bonchev–Trinajstić information content (AvgIpc) is 2.27. The van der Waals surface area contributed by atoms with Crippen molar-refractivity contribution < 1.29 is 20.2 Å². The van der Waals surface area contributed by atoms with Gasteiger partial charge in [-0.05, 0) is 29.9 Å². The third-order valence-corrected chi connectivity index (χ3v) is 2.59. The van der Waals surface area contributed by atoms with E-state index in [1.165, 1.54) is 6.07 Å². The average molecular weight is 259 g/mol. The standard InChI is InChI=1S/C10H13NO5S/c12-8(3-4-17)10(14)6-1-2-7(11(15)16)9(13)5-6/h1-2,5,8,10,12-14,17H,3-4H2. The summed E-state index contributed by atoms with van der Waals surface area (Å²) < 4.78 is 0. The second kappa shape index (κ2) is 5.85. The Bertz CT molecular complexity index is 412. The van der Waals surface area contributed by atoms with Crippen molar-refractivity contribution in [1.82, 2.24) is 0 Å². The summed E-state index contributed by atoms with van der Waals surface area (Å²) in [7, 11) is 0. The lowest BCUT2D eigenvalue weighted by Gasteiger charge is -2.17. The molecule has 0 saturated carbocycles. The summed E-state index contributed by atoms with van der Waals surface area (Å²) in [6.07, 6.45) is -1.94. The molecule has 0 fully saturated rings. The molecule has 1 aromatic carbocycles. The molecule has 0 aliphatic rings. The van der Waals surface area contributed by atoms with E-state index in [4.69, 9.17) is 0 Å². The SMILES string of the molecule is O=[N+]([O-])c1ccc(C(O)C(O)CCS)cc1O. The van der Waals surface area contributed by atoms with Crippen LogP contribution in [0, 0.1) is 10.1 Å². The summed E-state index contributed by atoms with van der Waals surface area (Å²) in [6, 6.07) is 3.45. The van der Waals surface area contributed by atoms with Gasteiger partial charge in [-0.3, -0.25) is 10.1 Å². The molecule has 0 aliphatic carbocycles. The second-order valence-electron chi connectivity index (χ2n) is 3.53. The van der Waals surface area contributed by atoms with Gasteiger partial charge >= 0.3 is 5.69 Å². The van der Waals surface area contributed by atoms with Crippen molar-refractivity contribution in [2.45, 2.75) is 18.6 Å². The van der Waals surface area contributed by atoms with Crippen LogP contribution in [-0.2, 0) is 0 Å². The molecule has 3 N–H and O–H groups in total. The van der Waals surface area contributed by atoms with Crippen LogP contribution in [-0.4, -0.2) is 32.1 Å². The third kappa shape index (κ3) is 3.32. The summed E-state index contributed by atoms with van der Waals surface area (Å²) in [6.45, 7) is 0. The number of benzene rings is 1. The molecule has 0 spiro atoms. The summed E-state index contributed by atoms with van der Waals surface area (Å²) in [5.74, 6) is -0.137. The molecule has 6 nitrogen and oxygen atoms in total. The zero-order chi connectivity index (χ0) is 13.0. The minimum atomic E-state index is -1.20. The van der Waals surface area contributed by atoms with Gasteiger partial charge in [0.25, 0.3) is 0 Å². The van der Waals surface area contributed by atoms with Gasteiger partial charge in [-0.25, -0.2) is 0 Å². The fourth-order valence-electron chi connectivity index (χ4n) is 1.39. The van der Waals surface area contributed by atoms with Crippen LogP contribution < -0.4 is 0 Å². The van der Waals surface area contributed by atoms with Crippen molar-refractivity contribution in [2.24, 2.45) is 0 Å². The number of hydrogen-bond donors (Lipinski definition) is 4. The molecule has 0 bridgehead atoms. The number of hydrogen-bond acceptors (Lipinski definition) is 6. The highest BCUT2D eigenvalue weighted by atomic mass is 32.1. The van der Waals surface area contributed by atoms with Crippen molar-refractivity contribution >= 4 is 18.3 Å². The van der Waals surface area contributed by atoms with Crippen LogP contribution in [0.1, 0.15) is 18.1 Å². The molecule has 0 radical (unpaired) electrons. The van der Waals surface area contributed by atoms with E-state index in [2.05, 4.69) is 12.6 Å². The fraction of sp³-hybridized carbons (Fsp3) is 0.400. The van der Waals surface area contributed by atoms with Crippen molar-refractivity contribution in [2.75, 3.05) is 5.75 Å². The first-order chi connectivity index (χ1) is 7.97. The molecular weight excluding hydrogens is 246 g/mol. The maximum atomic E-state index is 10.5. The maximum absolute atomic E-state index is 10.5. The minimum Gasteiger partial charge on any atom is -0.502 e. The van der Waals surface area contributed by atoms with Gasteiger partial charge in [0, 0.05) is 6.07 Å². The first-order valence-electron chi connectivity index (χ1n) is 4.91. The zero-order valence-corrected chi connectivity index (χ0v) is 9.75. The number of phenols is 1. The first kappa shape index (κ1) is 13.8. The molecule has 0 saturated heterocycles. The third-order valence-electron chi connectivity index (χ3n) is 2.33. The predicted octanol–water partition coefficient (Wildman–Crippen LogP) is 1.01. The maximum Gasteiger partial charge on any atom is 0.310 e. The van der Waals surface area contributed by atoms with Gasteiger partial charge in [-0.2, -0.15) is 12.6 Å². The van der Waals surface area contributed by atoms with E-state index >= 15 is 0 Å². The molecule has 0 aliphatic heterocycles. The molecule has 1 rings (SSSR count). The number of aliphatic hydroxyl groups is 2. The highest BCUT2D eigenvalue weighted by molar-refractivity contribution is 7.80. The number of aromatic hydroxyl groups is 1. The Kier molecular flexibility index (Phi) is 4.73. The zero-order valence-electron chi connectivity index (χ0n) is 8.85. The van der Waals surface area contributed by atoms with Gasteiger partial charge < -0.3 is 15.3 Å². The van der Waals surface area contributed by atoms with Crippen LogP contribution in [0.5, 0.6) is 5.75 Å². The number of aliphatic hydroxyl groups excluding tert-OH is 2. The Morgan fingerprint density at radius 2 is 2.06 bits per heavy atom. The normalized spacial score (nSPS) is 14.3. The van der Waals surface area contributed by atoms with Crippen LogP contribution in [0.25, 0.3) is 0 Å². The monoisotopic (exact) mass is 259 g/mol. The summed E-state index contributed by atoms with van der Waals surface area (Å²) in [5, 5.41) is 39.1. The van der Waals surface area contributed by atoms with E-state index in [1.54, 1.807) is 0 Å². The van der Waals surface area contributed by atoms with Crippen LogP contribution in [0.3, 0.4) is 0 Å². The Balaban J connectivity index is 2.93. The Morgan fingerprint density at radius 3 is 2.53 bits per heavy atom. The van der Waals surface area contributed by atoms with Crippen LogP contribution >= 0.6 is 12.6 Å². The van der Waals surface area contributed by atoms with E-state index in [0.29, 0.717) is 5.75 Å². The van der Waals surface area contributed by atoms with Gasteiger partial charge in [-0.1, -0.05) is 0 Å². The lowest BCUT2D eigenvalue weighted by Crippen LogP contribution is -2.18. The van der Waals surface area contributed by atoms with Crippen LogP contribution in [0.4, 0.5) is 5.69 Å². The van der Waals surface area contributed by atoms with Gasteiger partial charge in [0.2, 0.25) is 0 Å². The molecule has 94 valence electrons. The Labute approximate surface area is 103 Å². The van der Waals surface area contributed by atoms with Crippen LogP contribution in [0.2, 0.25) is 0 Å². The molecular formula is C10H13NO5S. The van der Waals surface area contributed by atoms with Crippen molar-refractivity contribution in [1.29, 1.82) is 0 Å². The molecule has 0 aromatic heterocycles. The lowest BCUT2D eigenvalue weighted by molar-refractivity contribution is -0.385. The van der Waals surface area contributed by atoms with E-state index in [-0.39, 0.29) is 12.0 Å². The molecule has 2 unspecified atom stereocenters. The summed E-state index contributed by atoms with van der Waals surface area (Å²) in [4.78, 5) is 9.74. The van der Waals surface area contributed by atoms with E-state index in [1.807, 2.05) is 0 Å². The van der Waals surface area contributed by atoms with E-state index < -0.39 is 28.6 Å². The van der Waals surface area contributed by atoms with Crippen LogP contribution in [0.15, 0.2) is 18.2 Å². The highest BCUT2D eigenvalue weighted by Crippen LogP contribution is 2.30. The number of phenolic OH excluding ortho intramolecular Hbond substituents is 1. The topological polar surface area (TPSA) is 104 Å². The van der Waals surface area contributed by atoms with E-state index in [0.717, 1.165) is 12.1 Å². The molecule has 0 heterocycles. The highest BCUT2D eigenvalue weighted by Gasteiger charge is 2.21. The lowest BCUT2D eigenvalue weighted by atomic mass is 10.0. The molecule has 2 atom stereocenters. The van der Waals surface area contributed by atoms with Crippen molar-refractivity contribution in [3.63, 3.8) is 0 Å². The number of rotatable bonds is 5. The first-order valence-corrected chi connectivity index (χ1v) is 5.55. The van der Waals surface area contributed by atoms with Gasteiger partial charge in [0.05, 0.1) is 11.0 Å².